The second-order valence-corrected chi connectivity index (χ2v) is 4.36. The zero-order valence-corrected chi connectivity index (χ0v) is 10.6. The minimum Gasteiger partial charge on any atom is -0.379 e. The Bertz CT molecular complexity index is 429. The molecule has 18 heavy (non-hydrogen) atoms. The van der Waals surface area contributed by atoms with E-state index in [1.165, 1.54) is 11.9 Å². The molecule has 0 saturated carbocycles. The van der Waals surface area contributed by atoms with Gasteiger partial charge in [0.25, 0.3) is 5.91 Å². The Balaban J connectivity index is 2.50. The number of likely N-dealkylation sites (N-methyl/N-ethyl adjacent to an activating group) is 1. The summed E-state index contributed by atoms with van der Waals surface area (Å²) in [5.41, 5.74) is 5.30. The number of carbonyl (C=O) groups is 2. The molecule has 3 N–H and O–H groups in total. The molecule has 0 unspecified atom stereocenters. The van der Waals surface area contributed by atoms with Crippen molar-refractivity contribution in [1.82, 2.24) is 20.5 Å². The standard InChI is InChI=1S/C10H17N5O3/c1-6(2)4-12-7(16)5-15(3)10(17)8-9(11)14-18-13-8/h6H,4-5H2,1-3H3,(H2,11,14)(H,12,16). The molecule has 0 aromatic carbocycles. The minimum atomic E-state index is -0.506. The predicted octanol–water partition coefficient (Wildman–Crippen LogP) is -0.504. The highest BCUT2D eigenvalue weighted by atomic mass is 16.6. The average Bonchev–Trinajstić information content (AvgIpc) is 2.71. The van der Waals surface area contributed by atoms with Crippen LogP contribution < -0.4 is 11.1 Å². The van der Waals surface area contributed by atoms with E-state index in [0.717, 1.165) is 0 Å². The number of nitrogens with two attached hydrogens (primary N) is 1. The van der Waals surface area contributed by atoms with Crippen molar-refractivity contribution in [2.75, 3.05) is 25.9 Å². The van der Waals surface area contributed by atoms with Gasteiger partial charge < -0.3 is 16.0 Å². The summed E-state index contributed by atoms with van der Waals surface area (Å²) in [6.07, 6.45) is 0. The van der Waals surface area contributed by atoms with Crippen molar-refractivity contribution < 1.29 is 14.2 Å². The van der Waals surface area contributed by atoms with Gasteiger partial charge in [-0.25, -0.2) is 4.63 Å². The zero-order valence-electron chi connectivity index (χ0n) is 10.6. The fourth-order valence-electron chi connectivity index (χ4n) is 1.19. The summed E-state index contributed by atoms with van der Waals surface area (Å²) >= 11 is 0. The number of nitrogens with zero attached hydrogens (tertiary/aromatic N) is 3. The van der Waals surface area contributed by atoms with Crippen molar-refractivity contribution >= 4 is 17.6 Å². The van der Waals surface area contributed by atoms with Crippen LogP contribution in [-0.2, 0) is 4.79 Å². The van der Waals surface area contributed by atoms with Gasteiger partial charge in [-0.2, -0.15) is 0 Å². The molecule has 0 atom stereocenters. The molecular formula is C10H17N5O3. The van der Waals surface area contributed by atoms with Crippen molar-refractivity contribution in [3.63, 3.8) is 0 Å². The van der Waals surface area contributed by atoms with E-state index in [-0.39, 0.29) is 24.0 Å². The first kappa shape index (κ1) is 13.9. The smallest absolute Gasteiger partial charge is 0.280 e. The van der Waals surface area contributed by atoms with Crippen LogP contribution in [0.5, 0.6) is 0 Å². The summed E-state index contributed by atoms with van der Waals surface area (Å²) in [5, 5.41) is 9.39. The highest BCUT2D eigenvalue weighted by Crippen LogP contribution is 2.06. The lowest BCUT2D eigenvalue weighted by Gasteiger charge is -2.15. The van der Waals surface area contributed by atoms with Crippen molar-refractivity contribution in [2.45, 2.75) is 13.8 Å². The van der Waals surface area contributed by atoms with Crippen molar-refractivity contribution in [1.29, 1.82) is 0 Å². The van der Waals surface area contributed by atoms with E-state index in [9.17, 15) is 9.59 Å². The number of nitrogen functional groups attached to an aromatic ring is 1. The van der Waals surface area contributed by atoms with Crippen LogP contribution >= 0.6 is 0 Å². The zero-order chi connectivity index (χ0) is 13.7. The number of anilines is 1. The Labute approximate surface area is 104 Å². The third-order valence-corrected chi connectivity index (χ3v) is 2.15. The maximum atomic E-state index is 11.8. The first-order chi connectivity index (χ1) is 8.41. The van der Waals surface area contributed by atoms with E-state index in [2.05, 4.69) is 20.3 Å². The summed E-state index contributed by atoms with van der Waals surface area (Å²) in [4.78, 5) is 24.5. The Hall–Kier alpha value is -2.12. The number of hydrogen-bond donors (Lipinski definition) is 2. The number of nitrogens with one attached hydrogen (secondary N) is 1. The fraction of sp³-hybridized carbons (Fsp3) is 0.600. The molecule has 0 bridgehead atoms. The van der Waals surface area contributed by atoms with E-state index in [1.807, 2.05) is 13.8 Å². The molecule has 0 spiro atoms. The Morgan fingerprint density at radius 3 is 2.61 bits per heavy atom. The molecule has 1 aromatic heterocycles. The normalized spacial score (nSPS) is 10.4. The number of rotatable bonds is 5. The van der Waals surface area contributed by atoms with Crippen LogP contribution in [0, 0.1) is 5.92 Å². The Morgan fingerprint density at radius 2 is 2.11 bits per heavy atom. The molecule has 2 amide bonds. The lowest BCUT2D eigenvalue weighted by atomic mass is 10.2. The van der Waals surface area contributed by atoms with Gasteiger partial charge >= 0.3 is 0 Å². The van der Waals surface area contributed by atoms with E-state index in [0.29, 0.717) is 12.5 Å². The van der Waals surface area contributed by atoms with E-state index >= 15 is 0 Å². The maximum absolute atomic E-state index is 11.8. The quantitative estimate of drug-likeness (QED) is 0.732. The fourth-order valence-corrected chi connectivity index (χ4v) is 1.19. The first-order valence-electron chi connectivity index (χ1n) is 5.52. The molecule has 100 valence electrons. The highest BCUT2D eigenvalue weighted by molar-refractivity contribution is 5.97. The van der Waals surface area contributed by atoms with Gasteiger partial charge in [-0.1, -0.05) is 13.8 Å². The second-order valence-electron chi connectivity index (χ2n) is 4.36. The van der Waals surface area contributed by atoms with Crippen molar-refractivity contribution in [3.8, 4) is 0 Å². The van der Waals surface area contributed by atoms with Gasteiger partial charge in [-0.3, -0.25) is 9.59 Å². The molecule has 8 heteroatoms. The van der Waals surface area contributed by atoms with Crippen LogP contribution in [0.1, 0.15) is 24.3 Å². The molecule has 0 aliphatic heterocycles. The van der Waals surface area contributed by atoms with Gasteiger partial charge in [0.15, 0.2) is 0 Å². The van der Waals surface area contributed by atoms with Crippen molar-refractivity contribution in [2.24, 2.45) is 5.92 Å². The molecule has 0 aliphatic carbocycles. The maximum Gasteiger partial charge on any atom is 0.280 e. The van der Waals surface area contributed by atoms with Gasteiger partial charge in [0.2, 0.25) is 17.4 Å². The van der Waals surface area contributed by atoms with E-state index in [4.69, 9.17) is 5.73 Å². The third-order valence-electron chi connectivity index (χ3n) is 2.15. The second kappa shape index (κ2) is 5.99. The van der Waals surface area contributed by atoms with Crippen LogP contribution in [-0.4, -0.2) is 47.2 Å². The molecule has 8 nitrogen and oxygen atoms in total. The molecule has 1 rings (SSSR count). The summed E-state index contributed by atoms with van der Waals surface area (Å²) in [5.74, 6) is -0.484. The van der Waals surface area contributed by atoms with Gasteiger partial charge in [-0.05, 0) is 16.2 Å². The topological polar surface area (TPSA) is 114 Å². The summed E-state index contributed by atoms with van der Waals surface area (Å²) < 4.78 is 4.33. The SMILES string of the molecule is CC(C)CNC(=O)CN(C)C(=O)c1nonc1N. The van der Waals surface area contributed by atoms with Crippen molar-refractivity contribution in [3.05, 3.63) is 5.69 Å². The largest absolute Gasteiger partial charge is 0.379 e. The lowest BCUT2D eigenvalue weighted by Crippen LogP contribution is -2.39. The molecule has 1 heterocycles. The van der Waals surface area contributed by atoms with Crippen LogP contribution in [0.4, 0.5) is 5.82 Å². The number of carbonyl (C=O) groups excluding carboxylic acids is 2. The molecule has 0 fully saturated rings. The summed E-state index contributed by atoms with van der Waals surface area (Å²) in [6, 6.07) is 0. The van der Waals surface area contributed by atoms with Crippen LogP contribution in [0.15, 0.2) is 4.63 Å². The van der Waals surface area contributed by atoms with Gasteiger partial charge in [-0.15, -0.1) is 0 Å². The van der Waals surface area contributed by atoms with Gasteiger partial charge in [0.1, 0.15) is 0 Å². The Kier molecular flexibility index (Phi) is 4.64. The first-order valence-corrected chi connectivity index (χ1v) is 5.52. The highest BCUT2D eigenvalue weighted by Gasteiger charge is 2.21. The number of aromatic nitrogens is 2. The lowest BCUT2D eigenvalue weighted by molar-refractivity contribution is -0.121. The summed E-state index contributed by atoms with van der Waals surface area (Å²) in [6.45, 7) is 4.46. The van der Waals surface area contributed by atoms with Gasteiger partial charge in [0.05, 0.1) is 6.54 Å². The predicted molar refractivity (Wildman–Crippen MR) is 63.5 cm³/mol. The van der Waals surface area contributed by atoms with Crippen LogP contribution in [0.2, 0.25) is 0 Å². The molecule has 0 aliphatic rings. The average molecular weight is 255 g/mol. The van der Waals surface area contributed by atoms with E-state index in [1.54, 1.807) is 0 Å². The molecule has 0 saturated heterocycles. The molecule has 0 radical (unpaired) electrons. The van der Waals surface area contributed by atoms with Crippen LogP contribution in [0.25, 0.3) is 0 Å². The monoisotopic (exact) mass is 255 g/mol. The molecule has 1 aromatic rings. The summed E-state index contributed by atoms with van der Waals surface area (Å²) in [7, 11) is 1.48. The third kappa shape index (κ3) is 3.72. The van der Waals surface area contributed by atoms with E-state index < -0.39 is 5.91 Å². The van der Waals surface area contributed by atoms with Crippen LogP contribution in [0.3, 0.4) is 0 Å². The Morgan fingerprint density at radius 1 is 1.44 bits per heavy atom. The van der Waals surface area contributed by atoms with Gasteiger partial charge in [0, 0.05) is 13.6 Å². The number of hydrogen-bond acceptors (Lipinski definition) is 6. The molecular weight excluding hydrogens is 238 g/mol. The number of amides is 2. The minimum absolute atomic E-state index is 0.0716.